The molecule has 0 aliphatic rings. The maximum absolute atomic E-state index is 12.1. The third-order valence-corrected chi connectivity index (χ3v) is 3.04. The second-order valence-electron chi connectivity index (χ2n) is 4.06. The molecule has 88 valence electrons. The molecule has 0 aliphatic heterocycles. The van der Waals surface area contributed by atoms with Crippen LogP contribution in [0.1, 0.15) is 42.6 Å². The monoisotopic (exact) mass is 220 g/mol. The van der Waals surface area contributed by atoms with E-state index in [1.54, 1.807) is 7.11 Å². The van der Waals surface area contributed by atoms with Crippen LogP contribution in [-0.2, 0) is 0 Å². The fourth-order valence-electron chi connectivity index (χ4n) is 1.93. The second-order valence-corrected chi connectivity index (χ2v) is 4.06. The van der Waals surface area contributed by atoms with Gasteiger partial charge in [0.1, 0.15) is 5.75 Å². The van der Waals surface area contributed by atoms with E-state index in [1.165, 1.54) is 0 Å². The third kappa shape index (κ3) is 2.63. The number of carbonyl (C=O) groups excluding carboxylic acids is 1. The molecule has 1 aromatic carbocycles. The highest BCUT2D eigenvalue weighted by Crippen LogP contribution is 2.22. The molecule has 0 unspecified atom stereocenters. The lowest BCUT2D eigenvalue weighted by molar-refractivity contribution is 0.0913. The molecule has 0 amide bonds. The first-order chi connectivity index (χ1) is 7.63. The molecule has 0 spiro atoms. The summed E-state index contributed by atoms with van der Waals surface area (Å²) < 4.78 is 5.18. The molecule has 1 rings (SSSR count). The smallest absolute Gasteiger partial charge is 0.165 e. The van der Waals surface area contributed by atoms with Crippen molar-refractivity contribution >= 4 is 5.78 Å². The first kappa shape index (κ1) is 12.8. The van der Waals surface area contributed by atoms with Gasteiger partial charge >= 0.3 is 0 Å². The number of methoxy groups -OCH3 is 1. The van der Waals surface area contributed by atoms with Gasteiger partial charge in [0.15, 0.2) is 5.78 Å². The van der Waals surface area contributed by atoms with E-state index in [4.69, 9.17) is 4.74 Å². The normalized spacial score (nSPS) is 10.6. The number of Topliss-reactive ketones (excluding diaryl/α,β-unsaturated/α-hetero) is 1. The zero-order valence-electron chi connectivity index (χ0n) is 10.5. The van der Waals surface area contributed by atoms with Crippen LogP contribution >= 0.6 is 0 Å². The van der Waals surface area contributed by atoms with E-state index in [0.29, 0.717) is 0 Å². The third-order valence-electron chi connectivity index (χ3n) is 3.04. The fourth-order valence-corrected chi connectivity index (χ4v) is 1.93. The Balaban J connectivity index is 2.96. The molecule has 0 aliphatic carbocycles. The van der Waals surface area contributed by atoms with Gasteiger partial charge in [-0.2, -0.15) is 0 Å². The molecular formula is C14H20O2. The maximum Gasteiger partial charge on any atom is 0.165 e. The zero-order valence-corrected chi connectivity index (χ0v) is 10.5. The lowest BCUT2D eigenvalue weighted by Crippen LogP contribution is -2.13. The Kier molecular flexibility index (Phi) is 4.53. The minimum atomic E-state index is 0.146. The van der Waals surface area contributed by atoms with Gasteiger partial charge in [0, 0.05) is 11.5 Å². The highest BCUT2D eigenvalue weighted by atomic mass is 16.5. The van der Waals surface area contributed by atoms with Crippen LogP contribution in [0, 0.1) is 12.8 Å². The summed E-state index contributed by atoms with van der Waals surface area (Å²) >= 11 is 0. The van der Waals surface area contributed by atoms with Crippen molar-refractivity contribution < 1.29 is 9.53 Å². The molecule has 0 fully saturated rings. The van der Waals surface area contributed by atoms with Crippen molar-refractivity contribution in [2.24, 2.45) is 5.92 Å². The van der Waals surface area contributed by atoms with E-state index < -0.39 is 0 Å². The topological polar surface area (TPSA) is 26.3 Å². The Hall–Kier alpha value is -1.31. The number of ketones is 1. The van der Waals surface area contributed by atoms with Gasteiger partial charge < -0.3 is 4.74 Å². The van der Waals surface area contributed by atoms with Crippen LogP contribution in [-0.4, -0.2) is 12.9 Å². The number of benzene rings is 1. The summed E-state index contributed by atoms with van der Waals surface area (Å²) in [6, 6.07) is 5.64. The minimum absolute atomic E-state index is 0.146. The van der Waals surface area contributed by atoms with Crippen molar-refractivity contribution in [2.75, 3.05) is 7.11 Å². The molecule has 2 heteroatoms. The summed E-state index contributed by atoms with van der Waals surface area (Å²) in [6.45, 7) is 6.08. The van der Waals surface area contributed by atoms with Crippen LogP contribution in [0.15, 0.2) is 18.2 Å². The van der Waals surface area contributed by atoms with Crippen LogP contribution in [0.4, 0.5) is 0 Å². The summed E-state index contributed by atoms with van der Waals surface area (Å²) in [4.78, 5) is 12.1. The molecule has 2 nitrogen and oxygen atoms in total. The van der Waals surface area contributed by atoms with Gasteiger partial charge in [0.2, 0.25) is 0 Å². The number of ether oxygens (including phenoxy) is 1. The molecule has 0 radical (unpaired) electrons. The van der Waals surface area contributed by atoms with Crippen molar-refractivity contribution in [1.29, 1.82) is 0 Å². The van der Waals surface area contributed by atoms with E-state index in [-0.39, 0.29) is 11.7 Å². The summed E-state index contributed by atoms with van der Waals surface area (Å²) in [5.74, 6) is 1.23. The van der Waals surface area contributed by atoms with Gasteiger partial charge in [-0.05, 0) is 43.5 Å². The molecule has 0 atom stereocenters. The van der Waals surface area contributed by atoms with E-state index in [1.807, 2.05) is 25.1 Å². The fraction of sp³-hybridized carbons (Fsp3) is 0.500. The van der Waals surface area contributed by atoms with Gasteiger partial charge in [-0.25, -0.2) is 0 Å². The standard InChI is InChI=1S/C14H20O2/c1-5-11(6-2)14(15)12-7-8-13(16-4)10(3)9-12/h7-9,11H,5-6H2,1-4H3. The molecular weight excluding hydrogens is 200 g/mol. The minimum Gasteiger partial charge on any atom is -0.496 e. The largest absolute Gasteiger partial charge is 0.496 e. The van der Waals surface area contributed by atoms with Crippen molar-refractivity contribution in [1.82, 2.24) is 0 Å². The molecule has 0 N–H and O–H groups in total. The van der Waals surface area contributed by atoms with Crippen LogP contribution in [0.2, 0.25) is 0 Å². The maximum atomic E-state index is 12.1. The van der Waals surface area contributed by atoms with Gasteiger partial charge in [-0.1, -0.05) is 13.8 Å². The van der Waals surface area contributed by atoms with Crippen LogP contribution < -0.4 is 4.74 Å². The van der Waals surface area contributed by atoms with Crippen LogP contribution in [0.3, 0.4) is 0 Å². The van der Waals surface area contributed by atoms with Crippen LogP contribution in [0.5, 0.6) is 5.75 Å². The average Bonchev–Trinajstić information content (AvgIpc) is 2.30. The van der Waals surface area contributed by atoms with Gasteiger partial charge in [0.05, 0.1) is 7.11 Å². The predicted molar refractivity (Wildman–Crippen MR) is 66.1 cm³/mol. The van der Waals surface area contributed by atoms with E-state index >= 15 is 0 Å². The summed E-state index contributed by atoms with van der Waals surface area (Å²) in [6.07, 6.45) is 1.81. The Morgan fingerprint density at radius 1 is 1.31 bits per heavy atom. The number of hydrogen-bond acceptors (Lipinski definition) is 2. The van der Waals surface area contributed by atoms with Crippen LogP contribution in [0.25, 0.3) is 0 Å². The zero-order chi connectivity index (χ0) is 12.1. The first-order valence-corrected chi connectivity index (χ1v) is 5.82. The van der Waals surface area contributed by atoms with Crippen molar-refractivity contribution in [3.05, 3.63) is 29.3 Å². The number of hydrogen-bond donors (Lipinski definition) is 0. The first-order valence-electron chi connectivity index (χ1n) is 5.82. The van der Waals surface area contributed by atoms with Gasteiger partial charge in [-0.3, -0.25) is 4.79 Å². The van der Waals surface area contributed by atoms with Gasteiger partial charge in [0.25, 0.3) is 0 Å². The Bertz CT molecular complexity index is 365. The average molecular weight is 220 g/mol. The molecule has 0 saturated carbocycles. The van der Waals surface area contributed by atoms with E-state index in [2.05, 4.69) is 13.8 Å². The predicted octanol–water partition coefficient (Wildman–Crippen LogP) is 3.62. The number of rotatable bonds is 5. The molecule has 0 bridgehead atoms. The van der Waals surface area contributed by atoms with E-state index in [9.17, 15) is 4.79 Å². The SMILES string of the molecule is CCC(CC)C(=O)c1ccc(OC)c(C)c1. The Morgan fingerprint density at radius 3 is 2.38 bits per heavy atom. The van der Waals surface area contributed by atoms with E-state index in [0.717, 1.165) is 29.7 Å². The van der Waals surface area contributed by atoms with Crippen molar-refractivity contribution in [3.8, 4) is 5.75 Å². The Morgan fingerprint density at radius 2 is 1.94 bits per heavy atom. The van der Waals surface area contributed by atoms with Crippen molar-refractivity contribution in [2.45, 2.75) is 33.6 Å². The summed E-state index contributed by atoms with van der Waals surface area (Å²) in [7, 11) is 1.64. The second kappa shape index (κ2) is 5.69. The van der Waals surface area contributed by atoms with Crippen molar-refractivity contribution in [3.63, 3.8) is 0 Å². The molecule has 0 saturated heterocycles. The summed E-state index contributed by atoms with van der Waals surface area (Å²) in [5, 5.41) is 0. The lowest BCUT2D eigenvalue weighted by atomic mass is 9.92. The highest BCUT2D eigenvalue weighted by molar-refractivity contribution is 5.98. The quantitative estimate of drug-likeness (QED) is 0.708. The lowest BCUT2D eigenvalue weighted by Gasteiger charge is -2.12. The highest BCUT2D eigenvalue weighted by Gasteiger charge is 2.16. The molecule has 16 heavy (non-hydrogen) atoms. The summed E-state index contributed by atoms with van der Waals surface area (Å²) in [5.41, 5.74) is 1.81. The molecule has 1 aromatic rings. The number of carbonyl (C=O) groups is 1. The molecule has 0 aromatic heterocycles. The number of aryl methyl sites for hydroxylation is 1. The van der Waals surface area contributed by atoms with Gasteiger partial charge in [-0.15, -0.1) is 0 Å². The molecule has 0 heterocycles. The Labute approximate surface area is 97.6 Å².